The Labute approximate surface area is 165 Å². The van der Waals surface area contributed by atoms with Crippen molar-refractivity contribution in [2.24, 2.45) is 11.3 Å². The van der Waals surface area contributed by atoms with Crippen molar-refractivity contribution in [3.05, 3.63) is 42.0 Å². The molecule has 2 aliphatic carbocycles. The molecule has 1 aromatic rings. The first-order chi connectivity index (χ1) is 13.4. The van der Waals surface area contributed by atoms with Crippen LogP contribution in [0.3, 0.4) is 0 Å². The molecule has 6 nitrogen and oxygen atoms in total. The number of aldehydes is 1. The molecule has 2 saturated carbocycles. The van der Waals surface area contributed by atoms with Gasteiger partial charge in [0, 0.05) is 39.0 Å². The number of hydrogen-bond donors (Lipinski definition) is 0. The maximum atomic E-state index is 11.6. The summed E-state index contributed by atoms with van der Waals surface area (Å²) in [6.45, 7) is 7.80. The average molecular weight is 379 g/mol. The van der Waals surface area contributed by atoms with Crippen LogP contribution in [0.25, 0.3) is 0 Å². The number of likely N-dealkylation sites (N-methyl/N-ethyl adjacent to an activating group) is 1. The van der Waals surface area contributed by atoms with Gasteiger partial charge in [-0.3, -0.25) is 9.59 Å². The number of rotatable bonds is 2. The van der Waals surface area contributed by atoms with Crippen molar-refractivity contribution in [3.63, 3.8) is 0 Å². The Kier molecular flexibility index (Phi) is 5.76. The number of hydrogen-bond acceptors (Lipinski definition) is 6. The second kappa shape index (κ2) is 8.07. The van der Waals surface area contributed by atoms with Crippen LogP contribution < -0.4 is 4.90 Å². The first-order valence-electron chi connectivity index (χ1n) is 9.54. The van der Waals surface area contributed by atoms with E-state index in [2.05, 4.69) is 29.5 Å². The smallest absolute Gasteiger partial charge is 0.172 e. The summed E-state index contributed by atoms with van der Waals surface area (Å²) in [5.41, 5.74) is 1.30. The van der Waals surface area contributed by atoms with Gasteiger partial charge in [0.1, 0.15) is 18.1 Å². The molecule has 1 heterocycles. The zero-order chi connectivity index (χ0) is 20.3. The number of piperazine rings is 1. The lowest BCUT2D eigenvalue weighted by Gasteiger charge is -2.34. The normalized spacial score (nSPS) is 27.1. The molecular formula is C22H25N3O3. The van der Waals surface area contributed by atoms with Crippen LogP contribution in [0, 0.1) is 22.7 Å². The maximum Gasteiger partial charge on any atom is 0.172 e. The van der Waals surface area contributed by atoms with E-state index >= 15 is 0 Å². The van der Waals surface area contributed by atoms with Crippen molar-refractivity contribution in [2.75, 3.05) is 38.1 Å². The zero-order valence-electron chi connectivity index (χ0n) is 16.2. The van der Waals surface area contributed by atoms with Crippen LogP contribution in [-0.2, 0) is 14.4 Å². The van der Waals surface area contributed by atoms with Crippen LogP contribution >= 0.6 is 0 Å². The SMILES string of the molecule is C=C1C(=O)C2(C=O)CC(=O)CC1C2.CN1CCN(c2ccccc2C#N)CC1. The molecule has 0 spiro atoms. The van der Waals surface area contributed by atoms with Crippen molar-refractivity contribution in [3.8, 4) is 6.07 Å². The topological polar surface area (TPSA) is 81.5 Å². The average Bonchev–Trinajstić information content (AvgIpc) is 2.89. The highest BCUT2D eigenvalue weighted by molar-refractivity contribution is 6.14. The van der Waals surface area contributed by atoms with Gasteiger partial charge in [-0.05, 0) is 37.1 Å². The van der Waals surface area contributed by atoms with Crippen molar-refractivity contribution in [1.82, 2.24) is 4.90 Å². The predicted octanol–water partition coefficient (Wildman–Crippen LogP) is 1.99. The van der Waals surface area contributed by atoms with Gasteiger partial charge in [0.05, 0.1) is 16.7 Å². The number of Topliss-reactive ketones (excluding diaryl/α,β-unsaturated/α-hetero) is 2. The lowest BCUT2D eigenvalue weighted by atomic mass is 9.76. The zero-order valence-corrected chi connectivity index (χ0v) is 16.2. The highest BCUT2D eigenvalue weighted by atomic mass is 16.2. The lowest BCUT2D eigenvalue weighted by molar-refractivity contribution is -0.137. The van der Waals surface area contributed by atoms with Crippen molar-refractivity contribution in [2.45, 2.75) is 19.3 Å². The summed E-state index contributed by atoms with van der Waals surface area (Å²) in [4.78, 5) is 38.3. The summed E-state index contributed by atoms with van der Waals surface area (Å²) >= 11 is 0. The molecule has 1 aliphatic heterocycles. The summed E-state index contributed by atoms with van der Waals surface area (Å²) in [6, 6.07) is 10.1. The van der Waals surface area contributed by atoms with Crippen molar-refractivity contribution >= 4 is 23.5 Å². The van der Waals surface area contributed by atoms with Gasteiger partial charge in [0.2, 0.25) is 0 Å². The Hall–Kier alpha value is -2.78. The van der Waals surface area contributed by atoms with E-state index in [0.717, 1.165) is 37.4 Å². The molecule has 2 atom stereocenters. The highest BCUT2D eigenvalue weighted by Gasteiger charge is 2.53. The lowest BCUT2D eigenvalue weighted by Crippen LogP contribution is -2.44. The molecule has 2 unspecified atom stereocenters. The second-order valence-electron chi connectivity index (χ2n) is 7.87. The van der Waals surface area contributed by atoms with E-state index in [1.807, 2.05) is 24.3 Å². The number of ketones is 2. The first-order valence-corrected chi connectivity index (χ1v) is 9.54. The minimum absolute atomic E-state index is 0.00958. The Bertz CT molecular complexity index is 849. The molecule has 0 amide bonds. The molecule has 2 bridgehead atoms. The minimum atomic E-state index is -1.03. The number of carbonyl (C=O) groups is 3. The molecule has 28 heavy (non-hydrogen) atoms. The van der Waals surface area contributed by atoms with Gasteiger partial charge in [-0.1, -0.05) is 18.7 Å². The Balaban J connectivity index is 0.000000162. The number of allylic oxidation sites excluding steroid dienone is 1. The number of nitriles is 1. The predicted molar refractivity (Wildman–Crippen MR) is 106 cm³/mol. The van der Waals surface area contributed by atoms with E-state index in [4.69, 9.17) is 5.26 Å². The fourth-order valence-electron chi connectivity index (χ4n) is 4.24. The van der Waals surface area contributed by atoms with E-state index in [1.165, 1.54) is 0 Å². The quantitative estimate of drug-likeness (QED) is 0.444. The molecule has 3 fully saturated rings. The highest BCUT2D eigenvalue weighted by Crippen LogP contribution is 2.48. The second-order valence-corrected chi connectivity index (χ2v) is 7.87. The van der Waals surface area contributed by atoms with E-state index in [1.54, 1.807) is 0 Å². The molecule has 4 rings (SSSR count). The van der Waals surface area contributed by atoms with Gasteiger partial charge in [-0.15, -0.1) is 0 Å². The summed E-state index contributed by atoms with van der Waals surface area (Å²) in [5.74, 6) is -0.271. The largest absolute Gasteiger partial charge is 0.368 e. The monoisotopic (exact) mass is 379 g/mol. The standard InChI is InChI=1S/C12H15N3.C10H10O3/c1-14-6-8-15(9-7-14)12-5-3-2-4-11(12)10-13;1-6-7-2-8(12)4-10(3-7,5-11)9(6)13/h2-5H,6-9H2,1H3;5,7H,1-4H2. The number of anilines is 1. The maximum absolute atomic E-state index is 11.6. The van der Waals surface area contributed by atoms with Crippen molar-refractivity contribution in [1.29, 1.82) is 5.26 Å². The fraction of sp³-hybridized carbons (Fsp3) is 0.455. The number of fused-ring (bicyclic) bond motifs is 2. The third kappa shape index (κ3) is 3.76. The van der Waals surface area contributed by atoms with Gasteiger partial charge in [-0.25, -0.2) is 0 Å². The summed E-state index contributed by atoms with van der Waals surface area (Å²) in [6.07, 6.45) is 1.61. The van der Waals surface area contributed by atoms with Crippen molar-refractivity contribution < 1.29 is 14.4 Å². The summed E-state index contributed by atoms with van der Waals surface area (Å²) < 4.78 is 0. The van der Waals surface area contributed by atoms with E-state index < -0.39 is 5.41 Å². The van der Waals surface area contributed by atoms with Crippen LogP contribution in [-0.4, -0.2) is 56.0 Å². The summed E-state index contributed by atoms with van der Waals surface area (Å²) in [7, 11) is 2.13. The van der Waals surface area contributed by atoms with Gasteiger partial charge in [-0.2, -0.15) is 5.26 Å². The van der Waals surface area contributed by atoms with Crippen LogP contribution in [0.2, 0.25) is 0 Å². The molecule has 3 aliphatic rings. The van der Waals surface area contributed by atoms with Crippen LogP contribution in [0.4, 0.5) is 5.69 Å². The van der Waals surface area contributed by atoms with Crippen LogP contribution in [0.5, 0.6) is 0 Å². The van der Waals surface area contributed by atoms with Gasteiger partial charge in [0.25, 0.3) is 0 Å². The van der Waals surface area contributed by atoms with Gasteiger partial charge >= 0.3 is 0 Å². The molecular weight excluding hydrogens is 354 g/mol. The molecule has 0 radical (unpaired) electrons. The number of carbonyl (C=O) groups excluding carboxylic acids is 3. The Morgan fingerprint density at radius 1 is 1.21 bits per heavy atom. The minimum Gasteiger partial charge on any atom is -0.368 e. The van der Waals surface area contributed by atoms with E-state index in [-0.39, 0.29) is 23.9 Å². The first kappa shape index (κ1) is 20.0. The van der Waals surface area contributed by atoms with Crippen LogP contribution in [0.15, 0.2) is 36.4 Å². The van der Waals surface area contributed by atoms with E-state index in [9.17, 15) is 14.4 Å². The Morgan fingerprint density at radius 2 is 1.89 bits per heavy atom. The molecule has 6 heteroatoms. The molecule has 1 saturated heterocycles. The molecule has 0 aromatic heterocycles. The number of para-hydroxylation sites is 1. The number of nitrogens with zero attached hydrogens (tertiary/aromatic N) is 3. The molecule has 146 valence electrons. The third-order valence-corrected chi connectivity index (χ3v) is 5.93. The molecule has 1 aromatic carbocycles. The summed E-state index contributed by atoms with van der Waals surface area (Å²) in [5, 5.41) is 9.01. The number of benzene rings is 1. The Morgan fingerprint density at radius 3 is 2.54 bits per heavy atom. The van der Waals surface area contributed by atoms with Gasteiger partial charge < -0.3 is 14.6 Å². The van der Waals surface area contributed by atoms with Crippen LogP contribution in [0.1, 0.15) is 24.8 Å². The molecule has 0 N–H and O–H groups in total. The van der Waals surface area contributed by atoms with Gasteiger partial charge in [0.15, 0.2) is 5.78 Å². The third-order valence-electron chi connectivity index (χ3n) is 5.93. The fourth-order valence-corrected chi connectivity index (χ4v) is 4.24. The van der Waals surface area contributed by atoms with E-state index in [0.29, 0.717) is 24.7 Å².